The summed E-state index contributed by atoms with van der Waals surface area (Å²) in [7, 11) is 0. The van der Waals surface area contributed by atoms with Crippen LogP contribution in [-0.2, 0) is 6.54 Å². The summed E-state index contributed by atoms with van der Waals surface area (Å²) in [4.78, 5) is 14.8. The summed E-state index contributed by atoms with van der Waals surface area (Å²) in [6.07, 6.45) is 7.65. The van der Waals surface area contributed by atoms with Gasteiger partial charge in [-0.25, -0.2) is 0 Å². The number of rotatable bonds is 4. The molecule has 0 aliphatic carbocycles. The molecular weight excluding hydrogens is 304 g/mol. The Hall–Kier alpha value is -0.770. The number of hydrogen-bond acceptors (Lipinski definition) is 1. The lowest BCUT2D eigenvalue weighted by molar-refractivity contribution is 0.0596. The molecule has 1 saturated heterocycles. The average Bonchev–Trinajstić information content (AvgIpc) is 2.79. The highest BCUT2D eigenvalue weighted by Gasteiger charge is 2.27. The lowest BCUT2D eigenvalue weighted by Gasteiger charge is -2.35. The first-order chi connectivity index (χ1) is 9.17. The molecule has 2 rings (SSSR count). The number of nitrogens with zero attached hydrogens (tertiary/aromatic N) is 2. The highest BCUT2D eigenvalue weighted by Crippen LogP contribution is 2.24. The number of likely N-dealkylation sites (tertiary alicyclic amines) is 1. The number of piperidine rings is 1. The molecule has 19 heavy (non-hydrogen) atoms. The van der Waals surface area contributed by atoms with Crippen LogP contribution >= 0.6 is 15.9 Å². The van der Waals surface area contributed by atoms with Crippen molar-refractivity contribution >= 4 is 21.8 Å². The topological polar surface area (TPSA) is 25.2 Å². The Morgan fingerprint density at radius 1 is 1.42 bits per heavy atom. The van der Waals surface area contributed by atoms with E-state index in [4.69, 9.17) is 0 Å². The van der Waals surface area contributed by atoms with Crippen LogP contribution in [-0.4, -0.2) is 28.0 Å². The molecule has 3 nitrogen and oxygen atoms in total. The highest BCUT2D eigenvalue weighted by atomic mass is 79.9. The zero-order valence-corrected chi connectivity index (χ0v) is 13.4. The van der Waals surface area contributed by atoms with Crippen molar-refractivity contribution in [2.45, 2.75) is 58.5 Å². The summed E-state index contributed by atoms with van der Waals surface area (Å²) in [5, 5.41) is 0. The van der Waals surface area contributed by atoms with Crippen molar-refractivity contribution in [2.24, 2.45) is 0 Å². The van der Waals surface area contributed by atoms with E-state index in [0.717, 1.165) is 48.9 Å². The van der Waals surface area contributed by atoms with Crippen molar-refractivity contribution in [2.75, 3.05) is 6.54 Å². The zero-order valence-electron chi connectivity index (χ0n) is 11.9. The van der Waals surface area contributed by atoms with Gasteiger partial charge in [-0.15, -0.1) is 0 Å². The maximum absolute atomic E-state index is 12.8. The van der Waals surface area contributed by atoms with Crippen LogP contribution in [0.3, 0.4) is 0 Å². The first kappa shape index (κ1) is 14.6. The Labute approximate surface area is 124 Å². The number of hydrogen-bond donors (Lipinski definition) is 0. The van der Waals surface area contributed by atoms with Crippen molar-refractivity contribution in [1.29, 1.82) is 0 Å². The van der Waals surface area contributed by atoms with Gasteiger partial charge in [-0.05, 0) is 54.1 Å². The molecule has 1 amide bonds. The molecule has 1 unspecified atom stereocenters. The van der Waals surface area contributed by atoms with E-state index in [2.05, 4.69) is 39.2 Å². The molecule has 4 heteroatoms. The third-order valence-corrected chi connectivity index (χ3v) is 4.34. The average molecular weight is 327 g/mol. The number of carbonyl (C=O) groups is 1. The van der Waals surface area contributed by atoms with Crippen molar-refractivity contribution < 1.29 is 4.79 Å². The van der Waals surface area contributed by atoms with Gasteiger partial charge in [0.15, 0.2) is 0 Å². The summed E-state index contributed by atoms with van der Waals surface area (Å²) in [6.45, 7) is 6.12. The van der Waals surface area contributed by atoms with Gasteiger partial charge in [-0.2, -0.15) is 0 Å². The molecule has 1 aliphatic heterocycles. The Morgan fingerprint density at radius 2 is 2.21 bits per heavy atom. The molecule has 1 aromatic rings. The minimum atomic E-state index is 0.200. The van der Waals surface area contributed by atoms with Gasteiger partial charge in [0.25, 0.3) is 5.91 Å². The van der Waals surface area contributed by atoms with Crippen molar-refractivity contribution in [3.8, 4) is 0 Å². The molecule has 1 aromatic heterocycles. The number of amides is 1. The van der Waals surface area contributed by atoms with Crippen LogP contribution in [0.15, 0.2) is 16.7 Å². The molecule has 0 bridgehead atoms. The third kappa shape index (κ3) is 3.22. The van der Waals surface area contributed by atoms with E-state index >= 15 is 0 Å². The Bertz CT molecular complexity index is 441. The maximum atomic E-state index is 12.8. The fourth-order valence-electron chi connectivity index (χ4n) is 2.92. The van der Waals surface area contributed by atoms with Crippen molar-refractivity contribution in [3.05, 3.63) is 22.4 Å². The van der Waals surface area contributed by atoms with E-state index in [9.17, 15) is 4.79 Å². The minimum Gasteiger partial charge on any atom is -0.342 e. The van der Waals surface area contributed by atoms with Crippen LogP contribution in [0, 0.1) is 0 Å². The van der Waals surface area contributed by atoms with E-state index in [-0.39, 0.29) is 5.91 Å². The smallest absolute Gasteiger partial charge is 0.270 e. The second kappa shape index (κ2) is 6.60. The van der Waals surface area contributed by atoms with Gasteiger partial charge in [-0.1, -0.05) is 13.8 Å². The van der Waals surface area contributed by atoms with Gasteiger partial charge < -0.3 is 9.47 Å². The molecule has 0 saturated carbocycles. The normalized spacial score (nSPS) is 19.7. The second-order valence-corrected chi connectivity index (χ2v) is 6.21. The van der Waals surface area contributed by atoms with Gasteiger partial charge in [0.2, 0.25) is 0 Å². The minimum absolute atomic E-state index is 0.200. The maximum Gasteiger partial charge on any atom is 0.270 e. The monoisotopic (exact) mass is 326 g/mol. The molecule has 106 valence electrons. The highest BCUT2D eigenvalue weighted by molar-refractivity contribution is 9.10. The first-order valence-corrected chi connectivity index (χ1v) is 8.13. The van der Waals surface area contributed by atoms with Gasteiger partial charge in [0.1, 0.15) is 5.69 Å². The first-order valence-electron chi connectivity index (χ1n) is 7.34. The zero-order chi connectivity index (χ0) is 13.8. The third-order valence-electron chi connectivity index (χ3n) is 3.91. The molecule has 0 aromatic carbocycles. The summed E-state index contributed by atoms with van der Waals surface area (Å²) in [5.74, 6) is 0.200. The van der Waals surface area contributed by atoms with Gasteiger partial charge >= 0.3 is 0 Å². The van der Waals surface area contributed by atoms with E-state index in [0.29, 0.717) is 6.04 Å². The van der Waals surface area contributed by atoms with E-state index in [1.54, 1.807) is 0 Å². The summed E-state index contributed by atoms with van der Waals surface area (Å²) >= 11 is 3.49. The van der Waals surface area contributed by atoms with Gasteiger partial charge in [0.05, 0.1) is 0 Å². The number of aryl methyl sites for hydroxylation is 1. The van der Waals surface area contributed by atoms with Crippen LogP contribution in [0.1, 0.15) is 56.4 Å². The molecule has 0 N–H and O–H groups in total. The molecule has 1 aliphatic rings. The van der Waals surface area contributed by atoms with E-state index in [1.165, 1.54) is 6.42 Å². The quantitative estimate of drug-likeness (QED) is 0.818. The lowest BCUT2D eigenvalue weighted by atomic mass is 9.99. The number of carbonyl (C=O) groups excluding carboxylic acids is 1. The Balaban J connectivity index is 2.22. The van der Waals surface area contributed by atoms with E-state index in [1.807, 2.05) is 12.3 Å². The number of halogens is 1. The summed E-state index contributed by atoms with van der Waals surface area (Å²) < 4.78 is 3.07. The predicted octanol–water partition coefficient (Wildman–Crippen LogP) is 4.07. The lowest BCUT2D eigenvalue weighted by Crippen LogP contribution is -2.44. The standard InChI is InChI=1S/C15H23BrN2O/c1-3-8-17-11-12(16)10-14(17)15(19)18-9-6-5-7-13(18)4-2/h10-11,13H,3-9H2,1-2H3. The Kier molecular flexibility index (Phi) is 5.08. The predicted molar refractivity (Wildman–Crippen MR) is 81.4 cm³/mol. The molecule has 1 fully saturated rings. The van der Waals surface area contributed by atoms with Gasteiger partial charge in [0, 0.05) is 29.8 Å². The van der Waals surface area contributed by atoms with Crippen LogP contribution in [0.5, 0.6) is 0 Å². The fraction of sp³-hybridized carbons (Fsp3) is 0.667. The fourth-order valence-corrected chi connectivity index (χ4v) is 3.38. The molecule has 0 radical (unpaired) electrons. The Morgan fingerprint density at radius 3 is 2.89 bits per heavy atom. The van der Waals surface area contributed by atoms with Crippen LogP contribution < -0.4 is 0 Å². The SMILES string of the molecule is CCCn1cc(Br)cc1C(=O)N1CCCCC1CC. The summed E-state index contributed by atoms with van der Waals surface area (Å²) in [6, 6.07) is 2.38. The van der Waals surface area contributed by atoms with Crippen molar-refractivity contribution in [3.63, 3.8) is 0 Å². The van der Waals surface area contributed by atoms with Crippen LogP contribution in [0.4, 0.5) is 0 Å². The van der Waals surface area contributed by atoms with Crippen LogP contribution in [0.25, 0.3) is 0 Å². The second-order valence-electron chi connectivity index (χ2n) is 5.29. The molecule has 1 atom stereocenters. The molecule has 0 spiro atoms. The summed E-state index contributed by atoms with van der Waals surface area (Å²) in [5.41, 5.74) is 0.828. The molecular formula is C15H23BrN2O. The van der Waals surface area contributed by atoms with Crippen LogP contribution in [0.2, 0.25) is 0 Å². The largest absolute Gasteiger partial charge is 0.342 e. The van der Waals surface area contributed by atoms with Gasteiger partial charge in [-0.3, -0.25) is 4.79 Å². The number of aromatic nitrogens is 1. The van der Waals surface area contributed by atoms with Crippen molar-refractivity contribution in [1.82, 2.24) is 9.47 Å². The molecule has 2 heterocycles. The van der Waals surface area contributed by atoms with E-state index < -0.39 is 0 Å².